The molecular weight excluding hydrogens is 384 g/mol. The molecule has 4 heteroatoms. The molecule has 1 atom stereocenters. The van der Waals surface area contributed by atoms with Crippen molar-refractivity contribution in [3.05, 3.63) is 62.5 Å². The van der Waals surface area contributed by atoms with E-state index in [4.69, 9.17) is 4.74 Å². The number of benzene rings is 2. The molecule has 0 aliphatic heterocycles. The number of hydrogen-bond acceptors (Lipinski definition) is 2. The van der Waals surface area contributed by atoms with E-state index in [-0.39, 0.29) is 5.78 Å². The Kier molecular flexibility index (Phi) is 5.00. The number of ether oxygens (including phenoxy) is 1. The van der Waals surface area contributed by atoms with Gasteiger partial charge >= 0.3 is 0 Å². The van der Waals surface area contributed by atoms with Gasteiger partial charge in [-0.15, -0.1) is 0 Å². The van der Waals surface area contributed by atoms with Crippen LogP contribution in [0.15, 0.2) is 51.4 Å². The first-order valence-electron chi connectivity index (χ1n) is 6.20. The molecule has 2 rings (SSSR count). The van der Waals surface area contributed by atoms with Crippen LogP contribution in [-0.4, -0.2) is 11.9 Å². The quantitative estimate of drug-likeness (QED) is 0.665. The maximum absolute atomic E-state index is 12.3. The zero-order chi connectivity index (χ0) is 14.7. The Morgan fingerprint density at radius 1 is 1.05 bits per heavy atom. The third-order valence-electron chi connectivity index (χ3n) is 2.94. The SMILES string of the molecule is Cc1cc(Br)ccc1OC(C)C(=O)c1ccc(Br)cc1. The summed E-state index contributed by atoms with van der Waals surface area (Å²) in [5, 5.41) is 0. The fourth-order valence-corrected chi connectivity index (χ4v) is 2.58. The van der Waals surface area contributed by atoms with E-state index in [1.165, 1.54) is 0 Å². The van der Waals surface area contributed by atoms with Crippen LogP contribution in [0.5, 0.6) is 5.75 Å². The molecule has 20 heavy (non-hydrogen) atoms. The molecule has 0 radical (unpaired) electrons. The van der Waals surface area contributed by atoms with Crippen molar-refractivity contribution in [1.82, 2.24) is 0 Å². The van der Waals surface area contributed by atoms with Crippen LogP contribution in [0, 0.1) is 6.92 Å². The van der Waals surface area contributed by atoms with Gasteiger partial charge in [-0.25, -0.2) is 0 Å². The highest BCUT2D eigenvalue weighted by Gasteiger charge is 2.17. The predicted molar refractivity (Wildman–Crippen MR) is 87.4 cm³/mol. The summed E-state index contributed by atoms with van der Waals surface area (Å²) in [7, 11) is 0. The molecule has 0 aliphatic carbocycles. The zero-order valence-electron chi connectivity index (χ0n) is 11.2. The van der Waals surface area contributed by atoms with Gasteiger partial charge in [0, 0.05) is 14.5 Å². The van der Waals surface area contributed by atoms with E-state index in [9.17, 15) is 4.79 Å². The highest BCUT2D eigenvalue weighted by atomic mass is 79.9. The molecule has 0 aromatic heterocycles. The third-order valence-corrected chi connectivity index (χ3v) is 3.96. The number of Topliss-reactive ketones (excluding diaryl/α,β-unsaturated/α-hetero) is 1. The van der Waals surface area contributed by atoms with Gasteiger partial charge in [0.1, 0.15) is 5.75 Å². The Morgan fingerprint density at radius 3 is 2.25 bits per heavy atom. The Hall–Kier alpha value is -1.13. The summed E-state index contributed by atoms with van der Waals surface area (Å²) in [6.45, 7) is 3.72. The lowest BCUT2D eigenvalue weighted by Gasteiger charge is -2.15. The van der Waals surface area contributed by atoms with Crippen LogP contribution in [0.25, 0.3) is 0 Å². The second-order valence-electron chi connectivity index (χ2n) is 4.54. The number of rotatable bonds is 4. The van der Waals surface area contributed by atoms with Crippen LogP contribution in [0.2, 0.25) is 0 Å². The highest BCUT2D eigenvalue weighted by molar-refractivity contribution is 9.10. The summed E-state index contributed by atoms with van der Waals surface area (Å²) >= 11 is 6.76. The minimum atomic E-state index is -0.518. The van der Waals surface area contributed by atoms with Crippen molar-refractivity contribution in [2.45, 2.75) is 20.0 Å². The van der Waals surface area contributed by atoms with Gasteiger partial charge in [0.25, 0.3) is 0 Å². The Morgan fingerprint density at radius 2 is 1.65 bits per heavy atom. The number of aryl methyl sites for hydroxylation is 1. The lowest BCUT2D eigenvalue weighted by atomic mass is 10.1. The van der Waals surface area contributed by atoms with E-state index in [1.54, 1.807) is 19.1 Å². The van der Waals surface area contributed by atoms with Crippen LogP contribution in [0.4, 0.5) is 0 Å². The lowest BCUT2D eigenvalue weighted by molar-refractivity contribution is 0.0817. The van der Waals surface area contributed by atoms with Crippen molar-refractivity contribution in [3.8, 4) is 5.75 Å². The van der Waals surface area contributed by atoms with Gasteiger partial charge in [-0.2, -0.15) is 0 Å². The monoisotopic (exact) mass is 396 g/mol. The largest absolute Gasteiger partial charge is 0.482 e. The van der Waals surface area contributed by atoms with Crippen LogP contribution in [0.1, 0.15) is 22.8 Å². The topological polar surface area (TPSA) is 26.3 Å². The van der Waals surface area contributed by atoms with Gasteiger partial charge in [0.05, 0.1) is 0 Å². The maximum atomic E-state index is 12.3. The Labute approximate surface area is 135 Å². The minimum Gasteiger partial charge on any atom is -0.482 e. The highest BCUT2D eigenvalue weighted by Crippen LogP contribution is 2.24. The van der Waals surface area contributed by atoms with Crippen LogP contribution < -0.4 is 4.74 Å². The fourth-order valence-electron chi connectivity index (χ4n) is 1.84. The first-order valence-corrected chi connectivity index (χ1v) is 7.78. The van der Waals surface area contributed by atoms with E-state index >= 15 is 0 Å². The standard InChI is InChI=1S/C16H14Br2O2/c1-10-9-14(18)7-8-15(10)20-11(2)16(19)12-3-5-13(17)6-4-12/h3-9,11H,1-2H3. The molecular formula is C16H14Br2O2. The second kappa shape index (κ2) is 6.55. The van der Waals surface area contributed by atoms with Crippen molar-refractivity contribution in [3.63, 3.8) is 0 Å². The molecule has 0 bridgehead atoms. The van der Waals surface area contributed by atoms with Gasteiger partial charge in [-0.1, -0.05) is 44.0 Å². The summed E-state index contributed by atoms with van der Waals surface area (Å²) in [4.78, 5) is 12.3. The first kappa shape index (κ1) is 15.3. The summed E-state index contributed by atoms with van der Waals surface area (Å²) in [5.74, 6) is 0.700. The zero-order valence-corrected chi connectivity index (χ0v) is 14.4. The number of carbonyl (C=O) groups is 1. The van der Waals surface area contributed by atoms with Gasteiger partial charge in [0.15, 0.2) is 6.10 Å². The lowest BCUT2D eigenvalue weighted by Crippen LogP contribution is -2.24. The summed E-state index contributed by atoms with van der Waals surface area (Å²) in [6.07, 6.45) is -0.518. The molecule has 2 aromatic carbocycles. The third kappa shape index (κ3) is 3.70. The van der Waals surface area contributed by atoms with E-state index in [1.807, 2.05) is 37.3 Å². The maximum Gasteiger partial charge on any atom is 0.202 e. The van der Waals surface area contributed by atoms with E-state index in [2.05, 4.69) is 31.9 Å². The second-order valence-corrected chi connectivity index (χ2v) is 6.37. The van der Waals surface area contributed by atoms with Crippen molar-refractivity contribution in [1.29, 1.82) is 0 Å². The van der Waals surface area contributed by atoms with Crippen LogP contribution >= 0.6 is 31.9 Å². The molecule has 0 N–H and O–H groups in total. The van der Waals surface area contributed by atoms with Crippen molar-refractivity contribution >= 4 is 37.6 Å². The summed E-state index contributed by atoms with van der Waals surface area (Å²) in [5.41, 5.74) is 1.64. The average Bonchev–Trinajstić information content (AvgIpc) is 2.42. The van der Waals surface area contributed by atoms with Crippen LogP contribution in [-0.2, 0) is 0 Å². The molecule has 0 spiro atoms. The molecule has 1 unspecified atom stereocenters. The van der Waals surface area contributed by atoms with E-state index < -0.39 is 6.10 Å². The molecule has 104 valence electrons. The molecule has 0 saturated heterocycles. The van der Waals surface area contributed by atoms with Gasteiger partial charge in [-0.3, -0.25) is 4.79 Å². The van der Waals surface area contributed by atoms with Crippen molar-refractivity contribution in [2.24, 2.45) is 0 Å². The molecule has 0 amide bonds. The smallest absolute Gasteiger partial charge is 0.202 e. The Bertz CT molecular complexity index is 621. The fraction of sp³-hybridized carbons (Fsp3) is 0.188. The summed E-state index contributed by atoms with van der Waals surface area (Å²) < 4.78 is 7.71. The molecule has 2 aromatic rings. The first-order chi connectivity index (χ1) is 9.47. The van der Waals surface area contributed by atoms with E-state index in [0.29, 0.717) is 5.56 Å². The van der Waals surface area contributed by atoms with Gasteiger partial charge in [0.2, 0.25) is 5.78 Å². The van der Waals surface area contributed by atoms with Crippen LogP contribution in [0.3, 0.4) is 0 Å². The van der Waals surface area contributed by atoms with Gasteiger partial charge < -0.3 is 4.74 Å². The predicted octanol–water partition coefficient (Wildman–Crippen LogP) is 5.17. The molecule has 2 nitrogen and oxygen atoms in total. The number of ketones is 1. The number of hydrogen-bond donors (Lipinski definition) is 0. The summed E-state index contributed by atoms with van der Waals surface area (Å²) in [6, 6.07) is 13.0. The normalized spacial score (nSPS) is 12.0. The van der Waals surface area contributed by atoms with Crippen molar-refractivity contribution < 1.29 is 9.53 Å². The minimum absolute atomic E-state index is 0.0279. The van der Waals surface area contributed by atoms with Gasteiger partial charge in [-0.05, 0) is 49.7 Å². The number of carbonyl (C=O) groups excluding carboxylic acids is 1. The van der Waals surface area contributed by atoms with E-state index in [0.717, 1.165) is 20.3 Å². The molecule has 0 saturated carbocycles. The average molecular weight is 398 g/mol. The molecule has 0 aliphatic rings. The Balaban J connectivity index is 2.13. The molecule has 0 heterocycles. The number of halogens is 2. The van der Waals surface area contributed by atoms with Crippen molar-refractivity contribution in [2.75, 3.05) is 0 Å². The molecule has 0 fully saturated rings.